The van der Waals surface area contributed by atoms with E-state index in [1.165, 1.54) is 0 Å². The van der Waals surface area contributed by atoms with E-state index in [0.29, 0.717) is 13.1 Å². The van der Waals surface area contributed by atoms with Crippen LogP contribution in [-0.4, -0.2) is 24.0 Å². The van der Waals surface area contributed by atoms with E-state index in [9.17, 15) is 4.79 Å². The Morgan fingerprint density at radius 2 is 2.33 bits per heavy atom. The SMILES string of the molecule is NCN1CCCCC1=O. The van der Waals surface area contributed by atoms with Crippen LogP contribution in [0.15, 0.2) is 0 Å². The quantitative estimate of drug-likeness (QED) is 0.536. The lowest BCUT2D eigenvalue weighted by Crippen LogP contribution is -2.39. The molecule has 0 atom stereocenters. The molecule has 0 unspecified atom stereocenters. The molecule has 1 saturated heterocycles. The molecule has 0 spiro atoms. The number of carbonyl (C=O) groups excluding carboxylic acids is 1. The summed E-state index contributed by atoms with van der Waals surface area (Å²) in [7, 11) is 0. The van der Waals surface area contributed by atoms with Crippen molar-refractivity contribution in [1.29, 1.82) is 0 Å². The molecule has 3 nitrogen and oxygen atoms in total. The molecule has 1 amide bonds. The van der Waals surface area contributed by atoms with Gasteiger partial charge in [0.25, 0.3) is 0 Å². The highest BCUT2D eigenvalue weighted by molar-refractivity contribution is 5.76. The van der Waals surface area contributed by atoms with Gasteiger partial charge in [-0.25, -0.2) is 0 Å². The minimum Gasteiger partial charge on any atom is -0.330 e. The third kappa shape index (κ3) is 1.42. The maximum atomic E-state index is 10.9. The van der Waals surface area contributed by atoms with Gasteiger partial charge in [-0.05, 0) is 12.8 Å². The Hall–Kier alpha value is -0.570. The van der Waals surface area contributed by atoms with E-state index in [-0.39, 0.29) is 5.91 Å². The number of likely N-dealkylation sites (tertiary alicyclic amines) is 1. The van der Waals surface area contributed by atoms with Gasteiger partial charge < -0.3 is 10.6 Å². The van der Waals surface area contributed by atoms with Crippen molar-refractivity contribution in [3.05, 3.63) is 0 Å². The summed E-state index contributed by atoms with van der Waals surface area (Å²) in [5.41, 5.74) is 5.30. The predicted molar refractivity (Wildman–Crippen MR) is 34.6 cm³/mol. The van der Waals surface area contributed by atoms with Crippen molar-refractivity contribution in [2.24, 2.45) is 5.73 Å². The molecule has 1 rings (SSSR count). The van der Waals surface area contributed by atoms with Crippen molar-refractivity contribution in [3.63, 3.8) is 0 Å². The van der Waals surface area contributed by atoms with Gasteiger partial charge in [-0.15, -0.1) is 0 Å². The lowest BCUT2D eigenvalue weighted by molar-refractivity contribution is -0.133. The number of hydrogen-bond acceptors (Lipinski definition) is 2. The smallest absolute Gasteiger partial charge is 0.223 e. The van der Waals surface area contributed by atoms with E-state index in [1.807, 2.05) is 0 Å². The Balaban J connectivity index is 2.39. The number of piperidine rings is 1. The van der Waals surface area contributed by atoms with Crippen LogP contribution in [0.25, 0.3) is 0 Å². The standard InChI is InChI=1S/C6H12N2O/c7-5-8-4-2-1-3-6(8)9/h1-5,7H2. The van der Waals surface area contributed by atoms with E-state index in [1.54, 1.807) is 4.90 Å². The summed E-state index contributed by atoms with van der Waals surface area (Å²) in [6.45, 7) is 1.24. The first-order valence-corrected chi connectivity index (χ1v) is 3.32. The summed E-state index contributed by atoms with van der Waals surface area (Å²) in [5.74, 6) is 0.212. The van der Waals surface area contributed by atoms with Crippen LogP contribution in [0.3, 0.4) is 0 Å². The Morgan fingerprint density at radius 1 is 1.56 bits per heavy atom. The summed E-state index contributed by atoms with van der Waals surface area (Å²) in [6.07, 6.45) is 2.84. The van der Waals surface area contributed by atoms with Crippen molar-refractivity contribution in [3.8, 4) is 0 Å². The molecule has 52 valence electrons. The number of hydrogen-bond donors (Lipinski definition) is 1. The fraction of sp³-hybridized carbons (Fsp3) is 0.833. The average Bonchev–Trinajstić information content (AvgIpc) is 1.89. The normalized spacial score (nSPS) is 20.6. The number of amides is 1. The molecule has 1 aliphatic heterocycles. The molecule has 1 aliphatic rings. The molecular formula is C6H12N2O. The molecule has 0 aromatic heterocycles. The highest BCUT2D eigenvalue weighted by atomic mass is 16.2. The van der Waals surface area contributed by atoms with Crippen molar-refractivity contribution in [2.45, 2.75) is 19.3 Å². The molecule has 0 aromatic rings. The molecule has 0 radical (unpaired) electrons. The first kappa shape index (κ1) is 6.55. The molecule has 0 aromatic carbocycles. The topological polar surface area (TPSA) is 46.3 Å². The fourth-order valence-corrected chi connectivity index (χ4v) is 1.05. The zero-order chi connectivity index (χ0) is 6.69. The molecule has 0 bridgehead atoms. The lowest BCUT2D eigenvalue weighted by Gasteiger charge is -2.24. The van der Waals surface area contributed by atoms with Crippen LogP contribution >= 0.6 is 0 Å². The van der Waals surface area contributed by atoms with Gasteiger partial charge >= 0.3 is 0 Å². The first-order valence-electron chi connectivity index (χ1n) is 3.32. The third-order valence-corrected chi connectivity index (χ3v) is 1.64. The summed E-state index contributed by atoms with van der Waals surface area (Å²) in [6, 6.07) is 0. The van der Waals surface area contributed by atoms with Crippen molar-refractivity contribution in [1.82, 2.24) is 4.90 Å². The van der Waals surface area contributed by atoms with Gasteiger partial charge in [-0.1, -0.05) is 0 Å². The van der Waals surface area contributed by atoms with Crippen LogP contribution in [0.4, 0.5) is 0 Å². The predicted octanol–water partition coefficient (Wildman–Crippen LogP) is -0.0849. The van der Waals surface area contributed by atoms with Gasteiger partial charge in [-0.2, -0.15) is 0 Å². The average molecular weight is 128 g/mol. The summed E-state index contributed by atoms with van der Waals surface area (Å²) < 4.78 is 0. The maximum Gasteiger partial charge on any atom is 0.223 e. The van der Waals surface area contributed by atoms with Crippen molar-refractivity contribution in [2.75, 3.05) is 13.2 Å². The van der Waals surface area contributed by atoms with E-state index in [0.717, 1.165) is 19.4 Å². The van der Waals surface area contributed by atoms with Gasteiger partial charge in [0.1, 0.15) is 0 Å². The van der Waals surface area contributed by atoms with Gasteiger partial charge in [-0.3, -0.25) is 4.79 Å². The van der Waals surface area contributed by atoms with Crippen molar-refractivity contribution < 1.29 is 4.79 Å². The summed E-state index contributed by atoms with van der Waals surface area (Å²) in [5, 5.41) is 0. The third-order valence-electron chi connectivity index (χ3n) is 1.64. The van der Waals surface area contributed by atoms with Crippen molar-refractivity contribution >= 4 is 5.91 Å². The van der Waals surface area contributed by atoms with E-state index in [2.05, 4.69) is 0 Å². The number of nitrogens with two attached hydrogens (primary N) is 1. The molecule has 9 heavy (non-hydrogen) atoms. The Kier molecular flexibility index (Phi) is 2.05. The van der Waals surface area contributed by atoms with Gasteiger partial charge in [0.2, 0.25) is 5.91 Å². The Labute approximate surface area is 54.8 Å². The van der Waals surface area contributed by atoms with Crippen LogP contribution in [0.2, 0.25) is 0 Å². The number of carbonyl (C=O) groups is 1. The van der Waals surface area contributed by atoms with E-state index >= 15 is 0 Å². The highest BCUT2D eigenvalue weighted by Gasteiger charge is 2.15. The monoisotopic (exact) mass is 128 g/mol. The lowest BCUT2D eigenvalue weighted by atomic mass is 10.1. The van der Waals surface area contributed by atoms with Gasteiger partial charge in [0, 0.05) is 13.0 Å². The second kappa shape index (κ2) is 2.82. The minimum atomic E-state index is 0.212. The largest absolute Gasteiger partial charge is 0.330 e. The number of nitrogens with zero attached hydrogens (tertiary/aromatic N) is 1. The van der Waals surface area contributed by atoms with Gasteiger partial charge in [0.15, 0.2) is 0 Å². The van der Waals surface area contributed by atoms with E-state index in [4.69, 9.17) is 5.73 Å². The minimum absolute atomic E-state index is 0.212. The Bertz CT molecular complexity index is 114. The second-order valence-corrected chi connectivity index (χ2v) is 2.30. The first-order chi connectivity index (χ1) is 4.34. The summed E-state index contributed by atoms with van der Waals surface area (Å²) >= 11 is 0. The zero-order valence-electron chi connectivity index (χ0n) is 5.47. The van der Waals surface area contributed by atoms with E-state index < -0.39 is 0 Å². The number of rotatable bonds is 1. The summed E-state index contributed by atoms with van der Waals surface area (Å²) in [4.78, 5) is 12.6. The fourth-order valence-electron chi connectivity index (χ4n) is 1.05. The van der Waals surface area contributed by atoms with Crippen LogP contribution in [0, 0.1) is 0 Å². The Morgan fingerprint density at radius 3 is 2.78 bits per heavy atom. The molecule has 0 aliphatic carbocycles. The van der Waals surface area contributed by atoms with Crippen LogP contribution in [0.5, 0.6) is 0 Å². The van der Waals surface area contributed by atoms with Crippen LogP contribution < -0.4 is 5.73 Å². The van der Waals surface area contributed by atoms with Gasteiger partial charge in [0.05, 0.1) is 6.67 Å². The highest BCUT2D eigenvalue weighted by Crippen LogP contribution is 2.07. The second-order valence-electron chi connectivity index (χ2n) is 2.30. The molecule has 2 N–H and O–H groups in total. The molecule has 3 heteroatoms. The molecule has 1 fully saturated rings. The molecule has 1 heterocycles. The molecular weight excluding hydrogens is 116 g/mol. The van der Waals surface area contributed by atoms with Crippen LogP contribution in [-0.2, 0) is 4.79 Å². The molecule has 0 saturated carbocycles. The maximum absolute atomic E-state index is 10.9. The van der Waals surface area contributed by atoms with Crippen LogP contribution in [0.1, 0.15) is 19.3 Å². The zero-order valence-corrected chi connectivity index (χ0v) is 5.47.